The van der Waals surface area contributed by atoms with Crippen LogP contribution in [0.15, 0.2) is 18.2 Å². The van der Waals surface area contributed by atoms with Gasteiger partial charge in [0.05, 0.1) is 6.04 Å². The van der Waals surface area contributed by atoms with Gasteiger partial charge < -0.3 is 10.6 Å². The third-order valence-corrected chi connectivity index (χ3v) is 2.51. The maximum absolute atomic E-state index is 13.5. The van der Waals surface area contributed by atoms with Gasteiger partial charge in [-0.1, -0.05) is 17.7 Å². The van der Waals surface area contributed by atoms with Gasteiger partial charge in [0.1, 0.15) is 5.82 Å². The van der Waals surface area contributed by atoms with E-state index in [9.17, 15) is 4.39 Å². The molecule has 1 aromatic rings. The summed E-state index contributed by atoms with van der Waals surface area (Å²) in [6.45, 7) is 0.341. The fourth-order valence-corrected chi connectivity index (χ4v) is 1.70. The Kier molecular flexibility index (Phi) is 3.86. The summed E-state index contributed by atoms with van der Waals surface area (Å²) in [5.74, 6) is -0.304. The second-order valence-corrected chi connectivity index (χ2v) is 3.76. The van der Waals surface area contributed by atoms with Crippen LogP contribution in [0.25, 0.3) is 0 Å². The van der Waals surface area contributed by atoms with Gasteiger partial charge in [0.2, 0.25) is 0 Å². The van der Waals surface area contributed by atoms with Crippen molar-refractivity contribution in [3.63, 3.8) is 0 Å². The summed E-state index contributed by atoms with van der Waals surface area (Å²) < 4.78 is 13.5. The van der Waals surface area contributed by atoms with Crippen LogP contribution in [0, 0.1) is 5.82 Å². The Morgan fingerprint density at radius 3 is 2.57 bits per heavy atom. The first kappa shape index (κ1) is 11.4. The van der Waals surface area contributed by atoms with Crippen LogP contribution in [0.4, 0.5) is 4.39 Å². The van der Waals surface area contributed by atoms with Gasteiger partial charge in [0, 0.05) is 17.1 Å². The number of nitrogens with two attached hydrogens (primary N) is 1. The van der Waals surface area contributed by atoms with E-state index >= 15 is 0 Å². The second-order valence-electron chi connectivity index (χ2n) is 3.35. The molecule has 4 heteroatoms. The molecule has 1 aromatic carbocycles. The average molecular weight is 217 g/mol. The van der Waals surface area contributed by atoms with E-state index < -0.39 is 0 Å². The van der Waals surface area contributed by atoms with Gasteiger partial charge in [-0.3, -0.25) is 0 Å². The highest BCUT2D eigenvalue weighted by Crippen LogP contribution is 2.27. The van der Waals surface area contributed by atoms with E-state index in [1.807, 2.05) is 19.0 Å². The number of halogens is 2. The fraction of sp³-hybridized carbons (Fsp3) is 0.400. The number of benzene rings is 1. The summed E-state index contributed by atoms with van der Waals surface area (Å²) >= 11 is 5.92. The SMILES string of the molecule is CN(C)[C@H](CN)c1c(F)cccc1Cl. The lowest BCUT2D eigenvalue weighted by Gasteiger charge is -2.24. The van der Waals surface area contributed by atoms with Crippen molar-refractivity contribution >= 4 is 11.6 Å². The molecule has 0 heterocycles. The maximum Gasteiger partial charge on any atom is 0.129 e. The molecule has 0 unspecified atom stereocenters. The summed E-state index contributed by atoms with van der Waals surface area (Å²) in [6, 6.07) is 4.48. The van der Waals surface area contributed by atoms with Crippen LogP contribution in [-0.2, 0) is 0 Å². The smallest absolute Gasteiger partial charge is 0.129 e. The van der Waals surface area contributed by atoms with Crippen molar-refractivity contribution in [3.8, 4) is 0 Å². The third kappa shape index (κ3) is 2.23. The van der Waals surface area contributed by atoms with E-state index in [1.165, 1.54) is 6.07 Å². The molecule has 0 aliphatic carbocycles. The van der Waals surface area contributed by atoms with E-state index in [0.717, 1.165) is 0 Å². The van der Waals surface area contributed by atoms with Crippen LogP contribution in [0.2, 0.25) is 5.02 Å². The van der Waals surface area contributed by atoms with Crippen LogP contribution in [-0.4, -0.2) is 25.5 Å². The molecule has 2 nitrogen and oxygen atoms in total. The molecule has 1 rings (SSSR count). The minimum Gasteiger partial charge on any atom is -0.329 e. The summed E-state index contributed by atoms with van der Waals surface area (Å²) in [4.78, 5) is 1.85. The van der Waals surface area contributed by atoms with Crippen molar-refractivity contribution in [1.82, 2.24) is 4.90 Å². The molecule has 2 N–H and O–H groups in total. The zero-order valence-electron chi connectivity index (χ0n) is 8.30. The van der Waals surface area contributed by atoms with E-state index in [4.69, 9.17) is 17.3 Å². The van der Waals surface area contributed by atoms with Crippen molar-refractivity contribution in [2.45, 2.75) is 6.04 Å². The first-order chi connectivity index (χ1) is 6.57. The quantitative estimate of drug-likeness (QED) is 0.838. The highest BCUT2D eigenvalue weighted by atomic mass is 35.5. The van der Waals surface area contributed by atoms with Crippen molar-refractivity contribution < 1.29 is 4.39 Å². The van der Waals surface area contributed by atoms with Crippen LogP contribution in [0.1, 0.15) is 11.6 Å². The van der Waals surface area contributed by atoms with Crippen LogP contribution in [0.3, 0.4) is 0 Å². The number of likely N-dealkylation sites (N-methyl/N-ethyl adjacent to an activating group) is 1. The lowest BCUT2D eigenvalue weighted by molar-refractivity contribution is 0.298. The first-order valence-corrected chi connectivity index (χ1v) is 4.76. The summed E-state index contributed by atoms with van der Waals surface area (Å²) in [5.41, 5.74) is 6.05. The number of hydrogen-bond acceptors (Lipinski definition) is 2. The molecule has 0 spiro atoms. The number of hydrogen-bond donors (Lipinski definition) is 1. The van der Waals surface area contributed by atoms with Crippen LogP contribution in [0.5, 0.6) is 0 Å². The second kappa shape index (κ2) is 4.73. The van der Waals surface area contributed by atoms with E-state index in [2.05, 4.69) is 0 Å². The molecule has 0 aliphatic rings. The van der Waals surface area contributed by atoms with Gasteiger partial charge in [-0.25, -0.2) is 4.39 Å². The number of rotatable bonds is 3. The highest BCUT2D eigenvalue weighted by Gasteiger charge is 2.19. The Morgan fingerprint density at radius 2 is 2.14 bits per heavy atom. The van der Waals surface area contributed by atoms with Crippen molar-refractivity contribution in [1.29, 1.82) is 0 Å². The molecule has 0 bridgehead atoms. The highest BCUT2D eigenvalue weighted by molar-refractivity contribution is 6.31. The summed E-state index contributed by atoms with van der Waals surface area (Å²) in [7, 11) is 3.70. The molecule has 0 aliphatic heterocycles. The van der Waals surface area contributed by atoms with Crippen molar-refractivity contribution in [2.75, 3.05) is 20.6 Å². The van der Waals surface area contributed by atoms with Gasteiger partial charge in [-0.05, 0) is 26.2 Å². The zero-order valence-corrected chi connectivity index (χ0v) is 9.05. The predicted octanol–water partition coefficient (Wildman–Crippen LogP) is 2.04. The molecule has 0 aromatic heterocycles. The Hall–Kier alpha value is -0.640. The maximum atomic E-state index is 13.5. The molecular weight excluding hydrogens is 203 g/mol. The fourth-order valence-electron chi connectivity index (χ4n) is 1.42. The third-order valence-electron chi connectivity index (χ3n) is 2.18. The Bertz CT molecular complexity index is 295. The predicted molar refractivity (Wildman–Crippen MR) is 56.9 cm³/mol. The van der Waals surface area contributed by atoms with Gasteiger partial charge in [0.25, 0.3) is 0 Å². The lowest BCUT2D eigenvalue weighted by atomic mass is 10.1. The molecule has 0 saturated heterocycles. The molecule has 0 amide bonds. The van der Waals surface area contributed by atoms with Crippen molar-refractivity contribution in [2.24, 2.45) is 5.73 Å². The van der Waals surface area contributed by atoms with Gasteiger partial charge in [0.15, 0.2) is 0 Å². The number of nitrogens with zero attached hydrogens (tertiary/aromatic N) is 1. The molecule has 0 fully saturated rings. The van der Waals surface area contributed by atoms with E-state index in [1.54, 1.807) is 12.1 Å². The Morgan fingerprint density at radius 1 is 1.50 bits per heavy atom. The van der Waals surface area contributed by atoms with Gasteiger partial charge >= 0.3 is 0 Å². The van der Waals surface area contributed by atoms with Crippen molar-refractivity contribution in [3.05, 3.63) is 34.6 Å². The van der Waals surface area contributed by atoms with Crippen LogP contribution >= 0.6 is 11.6 Å². The van der Waals surface area contributed by atoms with Gasteiger partial charge in [-0.2, -0.15) is 0 Å². The molecule has 0 radical (unpaired) electrons. The topological polar surface area (TPSA) is 29.3 Å². The van der Waals surface area contributed by atoms with E-state index in [0.29, 0.717) is 17.1 Å². The minimum absolute atomic E-state index is 0.177. The lowest BCUT2D eigenvalue weighted by Crippen LogP contribution is -2.28. The standard InChI is InChI=1S/C10H14ClFN2/c1-14(2)9(6-13)10-7(11)4-3-5-8(10)12/h3-5,9H,6,13H2,1-2H3/t9-/m1/s1. The average Bonchev–Trinajstić information content (AvgIpc) is 2.10. The van der Waals surface area contributed by atoms with Crippen LogP contribution < -0.4 is 5.73 Å². The molecule has 78 valence electrons. The Labute approximate surface area is 88.5 Å². The monoisotopic (exact) mass is 216 g/mol. The largest absolute Gasteiger partial charge is 0.329 e. The summed E-state index contributed by atoms with van der Waals surface area (Å²) in [5, 5.41) is 0.425. The first-order valence-electron chi connectivity index (χ1n) is 4.38. The zero-order chi connectivity index (χ0) is 10.7. The molecule has 14 heavy (non-hydrogen) atoms. The summed E-state index contributed by atoms with van der Waals surface area (Å²) in [6.07, 6.45) is 0. The van der Waals surface area contributed by atoms with Gasteiger partial charge in [-0.15, -0.1) is 0 Å². The Balaban J connectivity index is 3.15. The molecule has 0 saturated carbocycles. The molecule has 1 atom stereocenters. The van der Waals surface area contributed by atoms with E-state index in [-0.39, 0.29) is 11.9 Å². The minimum atomic E-state index is -0.304. The normalized spacial score (nSPS) is 13.3. The molecular formula is C10H14ClFN2.